The summed E-state index contributed by atoms with van der Waals surface area (Å²) in [6, 6.07) is 5.62. The zero-order chi connectivity index (χ0) is 15.3. The molecule has 0 aliphatic carbocycles. The van der Waals surface area contributed by atoms with Gasteiger partial charge in [-0.15, -0.1) is 0 Å². The number of halogens is 1. The highest BCUT2D eigenvalue weighted by Gasteiger charge is 2.38. The van der Waals surface area contributed by atoms with Crippen molar-refractivity contribution in [1.29, 1.82) is 0 Å². The molecule has 1 unspecified atom stereocenters. The number of anilines is 1. The molecule has 1 aliphatic heterocycles. The Labute approximate surface area is 134 Å². The van der Waals surface area contributed by atoms with Gasteiger partial charge >= 0.3 is 0 Å². The molecule has 1 aromatic rings. The van der Waals surface area contributed by atoms with Crippen LogP contribution < -0.4 is 15.4 Å². The zero-order valence-electron chi connectivity index (χ0n) is 12.7. The fourth-order valence-corrected chi connectivity index (χ4v) is 3.38. The van der Waals surface area contributed by atoms with Crippen molar-refractivity contribution in [3.63, 3.8) is 0 Å². The first-order valence-corrected chi connectivity index (χ1v) is 8.26. The number of amides is 1. The Morgan fingerprint density at radius 2 is 2.33 bits per heavy atom. The third-order valence-electron chi connectivity index (χ3n) is 4.09. The van der Waals surface area contributed by atoms with Crippen LogP contribution in [-0.2, 0) is 4.79 Å². The molecule has 4 nitrogen and oxygen atoms in total. The summed E-state index contributed by atoms with van der Waals surface area (Å²) < 4.78 is 6.15. The molecule has 21 heavy (non-hydrogen) atoms. The summed E-state index contributed by atoms with van der Waals surface area (Å²) in [7, 11) is 1.62. The molecule has 1 heterocycles. The van der Waals surface area contributed by atoms with E-state index in [0.29, 0.717) is 0 Å². The van der Waals surface area contributed by atoms with Crippen LogP contribution in [0.4, 0.5) is 5.69 Å². The van der Waals surface area contributed by atoms with Crippen LogP contribution in [0.1, 0.15) is 32.6 Å². The molecule has 0 saturated carbocycles. The highest BCUT2D eigenvalue weighted by molar-refractivity contribution is 9.10. The first-order valence-electron chi connectivity index (χ1n) is 7.47. The fourth-order valence-electron chi connectivity index (χ4n) is 2.97. The first kappa shape index (κ1) is 16.3. The van der Waals surface area contributed by atoms with Crippen molar-refractivity contribution < 1.29 is 9.53 Å². The van der Waals surface area contributed by atoms with Crippen LogP contribution in [0, 0.1) is 5.41 Å². The van der Waals surface area contributed by atoms with E-state index in [1.807, 2.05) is 18.2 Å². The predicted molar refractivity (Wildman–Crippen MR) is 88.8 cm³/mol. The molecule has 0 aromatic heterocycles. The Bertz CT molecular complexity index is 494. The zero-order valence-corrected chi connectivity index (χ0v) is 14.3. The van der Waals surface area contributed by atoms with Gasteiger partial charge in [0.15, 0.2) is 0 Å². The summed E-state index contributed by atoms with van der Waals surface area (Å²) in [4.78, 5) is 12.8. The van der Waals surface area contributed by atoms with Crippen LogP contribution in [0.5, 0.6) is 5.75 Å². The van der Waals surface area contributed by atoms with E-state index in [-0.39, 0.29) is 11.3 Å². The number of rotatable bonds is 5. The van der Waals surface area contributed by atoms with Gasteiger partial charge in [-0.1, -0.05) is 13.3 Å². The van der Waals surface area contributed by atoms with Crippen LogP contribution >= 0.6 is 15.9 Å². The maximum Gasteiger partial charge on any atom is 0.231 e. The topological polar surface area (TPSA) is 50.4 Å². The van der Waals surface area contributed by atoms with E-state index in [1.54, 1.807) is 7.11 Å². The van der Waals surface area contributed by atoms with Gasteiger partial charge in [0.05, 0.1) is 17.0 Å². The van der Waals surface area contributed by atoms with E-state index in [0.717, 1.165) is 54.7 Å². The molecule has 1 atom stereocenters. The van der Waals surface area contributed by atoms with Gasteiger partial charge in [-0.3, -0.25) is 4.79 Å². The van der Waals surface area contributed by atoms with Crippen LogP contribution in [0.2, 0.25) is 0 Å². The van der Waals surface area contributed by atoms with Gasteiger partial charge < -0.3 is 15.4 Å². The number of carbonyl (C=O) groups excluding carboxylic acids is 1. The average molecular weight is 355 g/mol. The molecule has 116 valence electrons. The van der Waals surface area contributed by atoms with Crippen molar-refractivity contribution in [1.82, 2.24) is 5.32 Å². The average Bonchev–Trinajstić information content (AvgIpc) is 2.50. The minimum Gasteiger partial charge on any atom is -0.495 e. The Morgan fingerprint density at radius 3 is 2.95 bits per heavy atom. The number of hydrogen-bond donors (Lipinski definition) is 2. The molecule has 1 aliphatic rings. The molecule has 1 saturated heterocycles. The number of piperidine rings is 1. The lowest BCUT2D eigenvalue weighted by molar-refractivity contribution is -0.127. The van der Waals surface area contributed by atoms with Gasteiger partial charge in [0, 0.05) is 18.3 Å². The number of nitrogens with one attached hydrogen (secondary N) is 2. The summed E-state index contributed by atoms with van der Waals surface area (Å²) in [6.07, 6.45) is 3.93. The quantitative estimate of drug-likeness (QED) is 0.849. The number of benzene rings is 1. The van der Waals surface area contributed by atoms with Crippen molar-refractivity contribution in [2.75, 3.05) is 25.5 Å². The van der Waals surface area contributed by atoms with E-state index in [9.17, 15) is 4.79 Å². The molecule has 1 aromatic carbocycles. The van der Waals surface area contributed by atoms with Gasteiger partial charge in [-0.25, -0.2) is 0 Å². The third kappa shape index (κ3) is 3.77. The molecule has 0 radical (unpaired) electrons. The van der Waals surface area contributed by atoms with Gasteiger partial charge in [0.1, 0.15) is 5.75 Å². The van der Waals surface area contributed by atoms with Crippen molar-refractivity contribution in [3.8, 4) is 5.75 Å². The lowest BCUT2D eigenvalue weighted by atomic mass is 9.76. The smallest absolute Gasteiger partial charge is 0.231 e. The summed E-state index contributed by atoms with van der Waals surface area (Å²) in [5.41, 5.74) is 0.494. The van der Waals surface area contributed by atoms with E-state index >= 15 is 0 Å². The SMILES string of the molecule is CCCC1(C(=O)Nc2ccc(Br)c(OC)c2)CCCNC1. The van der Waals surface area contributed by atoms with Crippen LogP contribution in [0.25, 0.3) is 0 Å². The van der Waals surface area contributed by atoms with Crippen LogP contribution in [0.15, 0.2) is 22.7 Å². The maximum absolute atomic E-state index is 12.8. The van der Waals surface area contributed by atoms with Gasteiger partial charge in [-0.2, -0.15) is 0 Å². The van der Waals surface area contributed by atoms with Crippen LogP contribution in [0.3, 0.4) is 0 Å². The number of hydrogen-bond acceptors (Lipinski definition) is 3. The highest BCUT2D eigenvalue weighted by Crippen LogP contribution is 2.34. The molecule has 5 heteroatoms. The lowest BCUT2D eigenvalue weighted by Crippen LogP contribution is -2.48. The van der Waals surface area contributed by atoms with Gasteiger partial charge in [0.2, 0.25) is 5.91 Å². The maximum atomic E-state index is 12.8. The predicted octanol–water partition coefficient (Wildman–Crippen LogP) is 3.57. The van der Waals surface area contributed by atoms with Crippen molar-refractivity contribution in [2.24, 2.45) is 5.41 Å². The van der Waals surface area contributed by atoms with E-state index in [4.69, 9.17) is 4.74 Å². The standard InChI is InChI=1S/C16H23BrN2O2/c1-3-7-16(8-4-9-18-11-16)15(20)19-12-5-6-13(17)14(10-12)21-2/h5-6,10,18H,3-4,7-9,11H2,1-2H3,(H,19,20). The first-order chi connectivity index (χ1) is 10.1. The minimum absolute atomic E-state index is 0.112. The number of carbonyl (C=O) groups is 1. The molecular formula is C16H23BrN2O2. The van der Waals surface area contributed by atoms with E-state index in [1.165, 1.54) is 0 Å². The van der Waals surface area contributed by atoms with E-state index < -0.39 is 0 Å². The molecule has 1 fully saturated rings. The second kappa shape index (κ2) is 7.27. The molecule has 0 spiro atoms. The Balaban J connectivity index is 2.15. The van der Waals surface area contributed by atoms with Crippen molar-refractivity contribution in [3.05, 3.63) is 22.7 Å². The van der Waals surface area contributed by atoms with Gasteiger partial charge in [-0.05, 0) is 53.9 Å². The molecular weight excluding hydrogens is 332 g/mol. The van der Waals surface area contributed by atoms with Crippen LogP contribution in [-0.4, -0.2) is 26.1 Å². The number of methoxy groups -OCH3 is 1. The monoisotopic (exact) mass is 354 g/mol. The summed E-state index contributed by atoms with van der Waals surface area (Å²) >= 11 is 3.42. The molecule has 0 bridgehead atoms. The number of ether oxygens (including phenoxy) is 1. The van der Waals surface area contributed by atoms with Crippen molar-refractivity contribution >= 4 is 27.5 Å². The van der Waals surface area contributed by atoms with Gasteiger partial charge in [0.25, 0.3) is 0 Å². The second-order valence-electron chi connectivity index (χ2n) is 5.61. The molecule has 2 rings (SSSR count). The third-order valence-corrected chi connectivity index (χ3v) is 4.75. The Kier molecular flexibility index (Phi) is 5.65. The largest absolute Gasteiger partial charge is 0.495 e. The summed E-state index contributed by atoms with van der Waals surface area (Å²) in [5, 5.41) is 6.43. The highest BCUT2D eigenvalue weighted by atomic mass is 79.9. The van der Waals surface area contributed by atoms with Crippen molar-refractivity contribution in [2.45, 2.75) is 32.6 Å². The summed E-state index contributed by atoms with van der Waals surface area (Å²) in [5.74, 6) is 0.833. The normalized spacial score (nSPS) is 21.9. The lowest BCUT2D eigenvalue weighted by Gasteiger charge is -2.36. The second-order valence-corrected chi connectivity index (χ2v) is 6.47. The Morgan fingerprint density at radius 1 is 1.52 bits per heavy atom. The van der Waals surface area contributed by atoms with E-state index in [2.05, 4.69) is 33.5 Å². The minimum atomic E-state index is -0.284. The molecule has 2 N–H and O–H groups in total. The summed E-state index contributed by atoms with van der Waals surface area (Å²) in [6.45, 7) is 3.90. The Hall–Kier alpha value is -1.07. The fraction of sp³-hybridized carbons (Fsp3) is 0.562. The molecule has 1 amide bonds.